The first-order valence-electron chi connectivity index (χ1n) is 5.50. The minimum absolute atomic E-state index is 0.0212. The number of benzene rings is 1. The number of aromatic hydroxyl groups is 1. The molecule has 1 aromatic heterocycles. The van der Waals surface area contributed by atoms with Crippen LogP contribution in [0, 0.1) is 6.92 Å². The molecule has 0 atom stereocenters. The second-order valence-electron chi connectivity index (χ2n) is 3.87. The fourth-order valence-electron chi connectivity index (χ4n) is 1.52. The standard InChI is InChI=1S/C12H13N3O3/c1-8-2-3-9(10(16)6-8)12(17)13-5-4-11-14-7-18-15-11/h2-3,6-7,16H,4-5H2,1H3,(H,13,17). The van der Waals surface area contributed by atoms with Gasteiger partial charge >= 0.3 is 0 Å². The summed E-state index contributed by atoms with van der Waals surface area (Å²) in [4.78, 5) is 15.6. The lowest BCUT2D eigenvalue weighted by Gasteiger charge is -2.06. The Balaban J connectivity index is 1.91. The van der Waals surface area contributed by atoms with Crippen molar-refractivity contribution >= 4 is 5.91 Å². The van der Waals surface area contributed by atoms with Gasteiger partial charge in [0.1, 0.15) is 5.75 Å². The number of hydrogen-bond acceptors (Lipinski definition) is 5. The van der Waals surface area contributed by atoms with Crippen molar-refractivity contribution in [1.29, 1.82) is 0 Å². The first-order valence-corrected chi connectivity index (χ1v) is 5.50. The number of rotatable bonds is 4. The van der Waals surface area contributed by atoms with E-state index in [4.69, 9.17) is 0 Å². The van der Waals surface area contributed by atoms with Crippen molar-refractivity contribution in [2.45, 2.75) is 13.3 Å². The number of phenolic OH excluding ortho intramolecular Hbond substituents is 1. The summed E-state index contributed by atoms with van der Waals surface area (Å²) in [6.45, 7) is 2.23. The Morgan fingerprint density at radius 3 is 3.00 bits per heavy atom. The molecule has 1 amide bonds. The lowest BCUT2D eigenvalue weighted by molar-refractivity contribution is 0.0951. The summed E-state index contributed by atoms with van der Waals surface area (Å²) in [5.74, 6) is 0.187. The van der Waals surface area contributed by atoms with E-state index in [9.17, 15) is 9.90 Å². The molecular weight excluding hydrogens is 234 g/mol. The van der Waals surface area contributed by atoms with Crippen LogP contribution >= 0.6 is 0 Å². The van der Waals surface area contributed by atoms with Gasteiger partial charge in [0.15, 0.2) is 5.82 Å². The van der Waals surface area contributed by atoms with E-state index in [2.05, 4.69) is 20.0 Å². The summed E-state index contributed by atoms with van der Waals surface area (Å²) in [6, 6.07) is 4.91. The zero-order chi connectivity index (χ0) is 13.0. The lowest BCUT2D eigenvalue weighted by atomic mass is 10.1. The third-order valence-corrected chi connectivity index (χ3v) is 2.44. The van der Waals surface area contributed by atoms with Crippen LogP contribution in [0.25, 0.3) is 0 Å². The number of amides is 1. The monoisotopic (exact) mass is 247 g/mol. The molecule has 2 aromatic rings. The molecule has 6 heteroatoms. The van der Waals surface area contributed by atoms with E-state index in [1.807, 2.05) is 6.92 Å². The summed E-state index contributed by atoms with van der Waals surface area (Å²) in [6.07, 6.45) is 1.72. The van der Waals surface area contributed by atoms with Gasteiger partial charge in [-0.15, -0.1) is 0 Å². The van der Waals surface area contributed by atoms with Gasteiger partial charge in [-0.25, -0.2) is 0 Å². The predicted molar refractivity (Wildman–Crippen MR) is 63.2 cm³/mol. The van der Waals surface area contributed by atoms with Gasteiger partial charge < -0.3 is 14.9 Å². The molecule has 0 aliphatic heterocycles. The van der Waals surface area contributed by atoms with Crippen LogP contribution in [0.2, 0.25) is 0 Å². The number of nitrogens with one attached hydrogen (secondary N) is 1. The van der Waals surface area contributed by atoms with E-state index in [1.54, 1.807) is 18.2 Å². The van der Waals surface area contributed by atoms with Crippen LogP contribution in [0.15, 0.2) is 29.1 Å². The third kappa shape index (κ3) is 2.85. The van der Waals surface area contributed by atoms with Crippen LogP contribution in [-0.2, 0) is 6.42 Å². The highest BCUT2D eigenvalue weighted by molar-refractivity contribution is 5.96. The maximum Gasteiger partial charge on any atom is 0.255 e. The summed E-state index contributed by atoms with van der Waals surface area (Å²) in [7, 11) is 0. The summed E-state index contributed by atoms with van der Waals surface area (Å²) < 4.78 is 4.58. The zero-order valence-corrected chi connectivity index (χ0v) is 9.88. The van der Waals surface area contributed by atoms with E-state index >= 15 is 0 Å². The van der Waals surface area contributed by atoms with Gasteiger partial charge in [-0.05, 0) is 24.6 Å². The zero-order valence-electron chi connectivity index (χ0n) is 9.88. The van der Waals surface area contributed by atoms with E-state index in [-0.39, 0.29) is 17.2 Å². The third-order valence-electron chi connectivity index (χ3n) is 2.44. The number of carbonyl (C=O) groups is 1. The number of carbonyl (C=O) groups excluding carboxylic acids is 1. The maximum absolute atomic E-state index is 11.8. The Bertz CT molecular complexity index is 538. The normalized spacial score (nSPS) is 10.3. The fourth-order valence-corrected chi connectivity index (χ4v) is 1.52. The molecule has 0 saturated carbocycles. The van der Waals surface area contributed by atoms with Gasteiger partial charge in [-0.2, -0.15) is 4.98 Å². The first kappa shape index (κ1) is 12.1. The maximum atomic E-state index is 11.8. The van der Waals surface area contributed by atoms with Crippen LogP contribution < -0.4 is 5.32 Å². The summed E-state index contributed by atoms with van der Waals surface area (Å²) in [5, 5.41) is 15.9. The predicted octanol–water partition coefficient (Wildman–Crippen LogP) is 1.06. The molecule has 1 aromatic carbocycles. The molecule has 2 rings (SSSR count). The van der Waals surface area contributed by atoms with Crippen LogP contribution in [-0.4, -0.2) is 27.7 Å². The highest BCUT2D eigenvalue weighted by Gasteiger charge is 2.10. The lowest BCUT2D eigenvalue weighted by Crippen LogP contribution is -2.26. The largest absolute Gasteiger partial charge is 0.507 e. The molecule has 94 valence electrons. The van der Waals surface area contributed by atoms with Crippen molar-refractivity contribution in [1.82, 2.24) is 15.5 Å². The Morgan fingerprint density at radius 1 is 1.50 bits per heavy atom. The Morgan fingerprint density at radius 2 is 2.33 bits per heavy atom. The summed E-state index contributed by atoms with van der Waals surface area (Å²) >= 11 is 0. The van der Waals surface area contributed by atoms with E-state index < -0.39 is 0 Å². The Kier molecular flexibility index (Phi) is 3.57. The quantitative estimate of drug-likeness (QED) is 0.843. The molecule has 6 nitrogen and oxygen atoms in total. The average Bonchev–Trinajstić information content (AvgIpc) is 2.81. The number of phenols is 1. The van der Waals surface area contributed by atoms with Gasteiger partial charge in [0, 0.05) is 13.0 Å². The number of hydrogen-bond donors (Lipinski definition) is 2. The Hall–Kier alpha value is -2.37. The summed E-state index contributed by atoms with van der Waals surface area (Å²) in [5.41, 5.74) is 1.16. The van der Waals surface area contributed by atoms with Crippen molar-refractivity contribution < 1.29 is 14.4 Å². The number of aryl methyl sites for hydroxylation is 1. The van der Waals surface area contributed by atoms with Crippen molar-refractivity contribution in [2.75, 3.05) is 6.54 Å². The van der Waals surface area contributed by atoms with E-state index in [0.717, 1.165) is 5.56 Å². The van der Waals surface area contributed by atoms with E-state index in [0.29, 0.717) is 18.8 Å². The van der Waals surface area contributed by atoms with Crippen LogP contribution in [0.1, 0.15) is 21.7 Å². The molecule has 0 unspecified atom stereocenters. The fraction of sp³-hybridized carbons (Fsp3) is 0.250. The highest BCUT2D eigenvalue weighted by Crippen LogP contribution is 2.17. The molecule has 0 bridgehead atoms. The highest BCUT2D eigenvalue weighted by atomic mass is 16.5. The van der Waals surface area contributed by atoms with Crippen LogP contribution in [0.3, 0.4) is 0 Å². The smallest absolute Gasteiger partial charge is 0.255 e. The molecule has 0 fully saturated rings. The Labute approximate surface area is 104 Å². The molecule has 1 heterocycles. The second kappa shape index (κ2) is 5.31. The van der Waals surface area contributed by atoms with Crippen LogP contribution in [0.4, 0.5) is 0 Å². The van der Waals surface area contributed by atoms with Gasteiger partial charge in [0.25, 0.3) is 5.91 Å². The minimum Gasteiger partial charge on any atom is -0.507 e. The molecule has 2 N–H and O–H groups in total. The van der Waals surface area contributed by atoms with Gasteiger partial charge in [-0.3, -0.25) is 4.79 Å². The number of aromatic nitrogens is 2. The van der Waals surface area contributed by atoms with Crippen molar-refractivity contribution in [2.24, 2.45) is 0 Å². The molecule has 0 radical (unpaired) electrons. The van der Waals surface area contributed by atoms with Gasteiger partial charge in [-0.1, -0.05) is 11.2 Å². The van der Waals surface area contributed by atoms with Crippen molar-refractivity contribution in [3.05, 3.63) is 41.5 Å². The average molecular weight is 247 g/mol. The molecule has 0 aliphatic rings. The van der Waals surface area contributed by atoms with E-state index in [1.165, 1.54) is 6.39 Å². The SMILES string of the molecule is Cc1ccc(C(=O)NCCc2ncon2)c(O)c1. The van der Waals surface area contributed by atoms with Crippen LogP contribution in [0.5, 0.6) is 5.75 Å². The topological polar surface area (TPSA) is 88.3 Å². The van der Waals surface area contributed by atoms with Crippen molar-refractivity contribution in [3.8, 4) is 5.75 Å². The first-order chi connectivity index (χ1) is 8.66. The molecule has 0 aliphatic carbocycles. The van der Waals surface area contributed by atoms with Gasteiger partial charge in [0.2, 0.25) is 6.39 Å². The van der Waals surface area contributed by atoms with Gasteiger partial charge in [0.05, 0.1) is 5.56 Å². The minimum atomic E-state index is -0.323. The molecule has 0 saturated heterocycles. The molecule has 0 spiro atoms. The number of nitrogens with zero attached hydrogens (tertiary/aromatic N) is 2. The molecular formula is C12H13N3O3. The molecule has 18 heavy (non-hydrogen) atoms. The second-order valence-corrected chi connectivity index (χ2v) is 3.87. The van der Waals surface area contributed by atoms with Crippen molar-refractivity contribution in [3.63, 3.8) is 0 Å².